The molecule has 6 nitrogen and oxygen atoms in total. The van der Waals surface area contributed by atoms with Gasteiger partial charge in [-0.05, 0) is 55.9 Å². The van der Waals surface area contributed by atoms with Crippen molar-refractivity contribution in [3.63, 3.8) is 0 Å². The molecule has 5 atom stereocenters. The number of aromatic nitrogens is 3. The standard InChI is InChI=1S/C22H21Cl3N4O2/c1-22(2)30-19-13-6-12(13)18(20(19)31-22)29-9-27-17-15(7-16(25)28-21(17)29)26-8-10-5-11(23)3-4-14(10)24/h3-5,7,9,12-13,18-20H,6,8H2,1-2H3,(H,26,28)/t12-,13+,18+,19+,20-/m0/s1. The van der Waals surface area contributed by atoms with Crippen LogP contribution in [0.25, 0.3) is 11.2 Å². The third-order valence-electron chi connectivity index (χ3n) is 6.55. The van der Waals surface area contributed by atoms with E-state index >= 15 is 0 Å². The highest BCUT2D eigenvalue weighted by Gasteiger charge is 2.66. The Labute approximate surface area is 194 Å². The fraction of sp³-hybridized carbons (Fsp3) is 0.455. The molecule has 0 spiro atoms. The van der Waals surface area contributed by atoms with Crippen molar-refractivity contribution < 1.29 is 9.47 Å². The second-order valence-corrected chi connectivity index (χ2v) is 10.3. The highest BCUT2D eigenvalue weighted by Crippen LogP contribution is 2.63. The molecule has 0 unspecified atom stereocenters. The normalized spacial score (nSPS) is 30.4. The maximum absolute atomic E-state index is 6.41. The predicted octanol–water partition coefficient (Wildman–Crippen LogP) is 5.71. The fourth-order valence-electron chi connectivity index (χ4n) is 5.23. The molecule has 0 amide bonds. The molecule has 2 aliphatic carbocycles. The number of imidazole rings is 1. The molecule has 31 heavy (non-hydrogen) atoms. The van der Waals surface area contributed by atoms with Gasteiger partial charge in [0.15, 0.2) is 11.4 Å². The molecule has 0 radical (unpaired) electrons. The van der Waals surface area contributed by atoms with Crippen LogP contribution in [0.3, 0.4) is 0 Å². The molecule has 3 aromatic rings. The molecule has 3 aliphatic rings. The Morgan fingerprint density at radius 2 is 1.94 bits per heavy atom. The zero-order chi connectivity index (χ0) is 21.5. The first-order chi connectivity index (χ1) is 14.8. The first kappa shape index (κ1) is 20.1. The van der Waals surface area contributed by atoms with Gasteiger partial charge in [0.25, 0.3) is 0 Å². The van der Waals surface area contributed by atoms with Crippen LogP contribution in [0.5, 0.6) is 0 Å². The molecule has 2 aromatic heterocycles. The summed E-state index contributed by atoms with van der Waals surface area (Å²) in [5.41, 5.74) is 3.21. The lowest BCUT2D eigenvalue weighted by molar-refractivity contribution is -0.156. The molecule has 3 fully saturated rings. The van der Waals surface area contributed by atoms with Crippen molar-refractivity contribution in [3.8, 4) is 0 Å². The number of anilines is 1. The summed E-state index contributed by atoms with van der Waals surface area (Å²) in [4.78, 5) is 9.30. The monoisotopic (exact) mass is 478 g/mol. The van der Waals surface area contributed by atoms with Crippen molar-refractivity contribution in [2.45, 2.75) is 50.8 Å². The summed E-state index contributed by atoms with van der Waals surface area (Å²) in [6, 6.07) is 7.34. The number of fused-ring (bicyclic) bond motifs is 4. The first-order valence-electron chi connectivity index (χ1n) is 10.4. The number of hydrogen-bond acceptors (Lipinski definition) is 5. The Bertz CT molecular complexity index is 1200. The van der Waals surface area contributed by atoms with Crippen molar-refractivity contribution in [3.05, 3.63) is 51.4 Å². The van der Waals surface area contributed by atoms with Crippen LogP contribution in [-0.4, -0.2) is 32.5 Å². The van der Waals surface area contributed by atoms with E-state index in [4.69, 9.17) is 44.3 Å². The van der Waals surface area contributed by atoms with E-state index in [1.165, 1.54) is 0 Å². The lowest BCUT2D eigenvalue weighted by Gasteiger charge is -2.24. The Kier molecular flexibility index (Phi) is 4.51. The van der Waals surface area contributed by atoms with Gasteiger partial charge < -0.3 is 19.4 Å². The van der Waals surface area contributed by atoms with Gasteiger partial charge in [-0.15, -0.1) is 0 Å². The molecular formula is C22H21Cl3N4O2. The SMILES string of the molecule is CC1(C)O[C@@H]2[C@@H]3C[C@@H]3[C@@H](n3cnc4c(NCc5cc(Cl)ccc5Cl)cc(Cl)nc43)[C@@H]2O1. The minimum absolute atomic E-state index is 0.00129. The van der Waals surface area contributed by atoms with Crippen LogP contribution in [0.2, 0.25) is 15.2 Å². The predicted molar refractivity (Wildman–Crippen MR) is 121 cm³/mol. The number of ether oxygens (including phenoxy) is 2. The highest BCUT2D eigenvalue weighted by atomic mass is 35.5. The molecule has 1 aliphatic heterocycles. The van der Waals surface area contributed by atoms with E-state index in [9.17, 15) is 0 Å². The highest BCUT2D eigenvalue weighted by molar-refractivity contribution is 6.33. The Morgan fingerprint density at radius 1 is 1.13 bits per heavy atom. The van der Waals surface area contributed by atoms with Gasteiger partial charge in [0.05, 0.1) is 24.2 Å². The number of hydrogen-bond donors (Lipinski definition) is 1. The van der Waals surface area contributed by atoms with E-state index in [1.807, 2.05) is 26.2 Å². The summed E-state index contributed by atoms with van der Waals surface area (Å²) in [6.45, 7) is 4.44. The summed E-state index contributed by atoms with van der Waals surface area (Å²) in [7, 11) is 0. The third-order valence-corrected chi connectivity index (χ3v) is 7.35. The third kappa shape index (κ3) is 3.31. The van der Waals surface area contributed by atoms with Gasteiger partial charge in [-0.1, -0.05) is 34.8 Å². The number of benzene rings is 1. The zero-order valence-electron chi connectivity index (χ0n) is 17.0. The molecule has 6 rings (SSSR count). The average molecular weight is 480 g/mol. The summed E-state index contributed by atoms with van der Waals surface area (Å²) < 4.78 is 14.6. The van der Waals surface area contributed by atoms with Gasteiger partial charge in [0.1, 0.15) is 16.8 Å². The molecule has 1 N–H and O–H groups in total. The van der Waals surface area contributed by atoms with E-state index in [2.05, 4.69) is 19.9 Å². The average Bonchev–Trinajstić information content (AvgIpc) is 3.14. The largest absolute Gasteiger partial charge is 0.379 e. The molecule has 1 aromatic carbocycles. The molecule has 0 bridgehead atoms. The maximum atomic E-state index is 6.41. The quantitative estimate of drug-likeness (QED) is 0.485. The number of pyridine rings is 1. The lowest BCUT2D eigenvalue weighted by atomic mass is 10.1. The van der Waals surface area contributed by atoms with E-state index in [0.717, 1.165) is 28.8 Å². The van der Waals surface area contributed by atoms with E-state index in [1.54, 1.807) is 18.2 Å². The molecular weight excluding hydrogens is 459 g/mol. The van der Waals surface area contributed by atoms with E-state index in [0.29, 0.717) is 33.6 Å². The minimum Gasteiger partial charge on any atom is -0.379 e. The van der Waals surface area contributed by atoms with E-state index in [-0.39, 0.29) is 18.2 Å². The van der Waals surface area contributed by atoms with Gasteiger partial charge in [-0.25, -0.2) is 9.97 Å². The second-order valence-electron chi connectivity index (χ2n) is 9.02. The summed E-state index contributed by atoms with van der Waals surface area (Å²) in [6.07, 6.45) is 3.12. The molecule has 3 heterocycles. The van der Waals surface area contributed by atoms with Crippen molar-refractivity contribution >= 4 is 51.7 Å². The van der Waals surface area contributed by atoms with Gasteiger partial charge in [0, 0.05) is 22.7 Å². The molecule has 1 saturated heterocycles. The van der Waals surface area contributed by atoms with Crippen molar-refractivity contribution in [2.75, 3.05) is 5.32 Å². The number of nitrogens with one attached hydrogen (secondary N) is 1. The Morgan fingerprint density at radius 3 is 2.77 bits per heavy atom. The number of halogens is 3. The van der Waals surface area contributed by atoms with Crippen LogP contribution < -0.4 is 5.32 Å². The van der Waals surface area contributed by atoms with Crippen LogP contribution >= 0.6 is 34.8 Å². The van der Waals surface area contributed by atoms with Crippen LogP contribution in [0.1, 0.15) is 31.9 Å². The van der Waals surface area contributed by atoms with Crippen LogP contribution in [0.15, 0.2) is 30.6 Å². The molecule has 9 heteroatoms. The Balaban J connectivity index is 1.34. The van der Waals surface area contributed by atoms with Crippen LogP contribution in [0, 0.1) is 11.8 Å². The van der Waals surface area contributed by atoms with Crippen molar-refractivity contribution in [1.29, 1.82) is 0 Å². The summed E-state index contributed by atoms with van der Waals surface area (Å²) in [5.74, 6) is 0.493. The number of rotatable bonds is 4. The minimum atomic E-state index is -0.564. The van der Waals surface area contributed by atoms with Gasteiger partial charge >= 0.3 is 0 Å². The van der Waals surface area contributed by atoms with Gasteiger partial charge in [-0.3, -0.25) is 0 Å². The van der Waals surface area contributed by atoms with Crippen LogP contribution in [0.4, 0.5) is 5.69 Å². The van der Waals surface area contributed by atoms with E-state index < -0.39 is 5.79 Å². The number of nitrogens with zero attached hydrogens (tertiary/aromatic N) is 3. The second kappa shape index (κ2) is 6.96. The maximum Gasteiger partial charge on any atom is 0.164 e. The zero-order valence-corrected chi connectivity index (χ0v) is 19.2. The van der Waals surface area contributed by atoms with Crippen molar-refractivity contribution in [2.24, 2.45) is 11.8 Å². The van der Waals surface area contributed by atoms with Gasteiger partial charge in [-0.2, -0.15) is 0 Å². The summed E-state index contributed by atoms with van der Waals surface area (Å²) in [5, 5.41) is 5.09. The summed E-state index contributed by atoms with van der Waals surface area (Å²) >= 11 is 18.8. The topological polar surface area (TPSA) is 61.2 Å². The van der Waals surface area contributed by atoms with Crippen LogP contribution in [-0.2, 0) is 16.0 Å². The first-order valence-corrected chi connectivity index (χ1v) is 11.5. The fourth-order valence-corrected chi connectivity index (χ4v) is 5.79. The Hall–Kier alpha value is -1.57. The lowest BCUT2D eigenvalue weighted by Crippen LogP contribution is -2.30. The smallest absolute Gasteiger partial charge is 0.164 e. The molecule has 162 valence electrons. The molecule has 2 saturated carbocycles. The van der Waals surface area contributed by atoms with Gasteiger partial charge in [0.2, 0.25) is 0 Å². The van der Waals surface area contributed by atoms with Crippen molar-refractivity contribution in [1.82, 2.24) is 14.5 Å².